The van der Waals surface area contributed by atoms with Crippen LogP contribution in [0.2, 0.25) is 0 Å². The summed E-state index contributed by atoms with van der Waals surface area (Å²) in [4.78, 5) is 35.6. The van der Waals surface area contributed by atoms with E-state index in [0.29, 0.717) is 26.5 Å². The summed E-state index contributed by atoms with van der Waals surface area (Å²) in [7, 11) is 0. The molecule has 5 nitrogen and oxygen atoms in total. The number of carbonyl (C=O) groups is 1. The van der Waals surface area contributed by atoms with Crippen molar-refractivity contribution in [2.24, 2.45) is 0 Å². The maximum Gasteiger partial charge on any atom is 0.268 e. The van der Waals surface area contributed by atoms with Crippen molar-refractivity contribution >= 4 is 33.1 Å². The molecule has 3 aromatic rings. The molecule has 24 heavy (non-hydrogen) atoms. The largest absolute Gasteiger partial charge is 0.310 e. The Kier molecular flexibility index (Phi) is 3.31. The van der Waals surface area contributed by atoms with Crippen LogP contribution in [0.5, 0.6) is 0 Å². The van der Waals surface area contributed by atoms with Crippen molar-refractivity contribution in [3.63, 3.8) is 0 Å². The molecule has 6 heteroatoms. The van der Waals surface area contributed by atoms with Crippen molar-refractivity contribution in [2.75, 3.05) is 4.90 Å². The van der Waals surface area contributed by atoms with Gasteiger partial charge in [0.05, 0.1) is 10.3 Å². The van der Waals surface area contributed by atoms with Crippen LogP contribution < -0.4 is 10.5 Å². The number of fused-ring (bicyclic) bond motifs is 2. The summed E-state index contributed by atoms with van der Waals surface area (Å²) < 4.78 is 0. The van der Waals surface area contributed by atoms with Gasteiger partial charge in [0, 0.05) is 11.7 Å². The van der Waals surface area contributed by atoms with Gasteiger partial charge >= 0.3 is 0 Å². The molecule has 1 atom stereocenters. The molecule has 0 spiro atoms. The van der Waals surface area contributed by atoms with E-state index in [9.17, 15) is 9.59 Å². The Morgan fingerprint density at radius 1 is 1.33 bits per heavy atom. The maximum atomic E-state index is 13.2. The second-order valence-electron chi connectivity index (χ2n) is 6.24. The Morgan fingerprint density at radius 3 is 2.88 bits per heavy atom. The number of aromatic nitrogens is 2. The van der Waals surface area contributed by atoms with E-state index >= 15 is 0 Å². The van der Waals surface area contributed by atoms with Crippen LogP contribution in [0.1, 0.15) is 33.5 Å². The quantitative estimate of drug-likeness (QED) is 0.740. The predicted molar refractivity (Wildman–Crippen MR) is 96.1 cm³/mol. The molecular formula is C18H17N3O2S. The average molecular weight is 339 g/mol. The molecule has 0 bridgehead atoms. The smallest absolute Gasteiger partial charge is 0.268 e. The molecule has 1 N–H and O–H groups in total. The molecule has 1 unspecified atom stereocenters. The number of para-hydroxylation sites is 1. The van der Waals surface area contributed by atoms with Gasteiger partial charge < -0.3 is 9.88 Å². The zero-order valence-corrected chi connectivity index (χ0v) is 14.5. The Bertz CT molecular complexity index is 1030. The van der Waals surface area contributed by atoms with Crippen molar-refractivity contribution in [2.45, 2.75) is 33.2 Å². The van der Waals surface area contributed by atoms with Crippen LogP contribution in [0.25, 0.3) is 10.2 Å². The lowest BCUT2D eigenvalue weighted by molar-refractivity contribution is 0.0985. The van der Waals surface area contributed by atoms with Gasteiger partial charge in [0.15, 0.2) is 0 Å². The van der Waals surface area contributed by atoms with E-state index in [-0.39, 0.29) is 17.5 Å². The molecule has 3 heterocycles. The van der Waals surface area contributed by atoms with Gasteiger partial charge in [-0.1, -0.05) is 18.2 Å². The highest BCUT2D eigenvalue weighted by molar-refractivity contribution is 7.20. The first-order valence-corrected chi connectivity index (χ1v) is 8.70. The number of amides is 1. The van der Waals surface area contributed by atoms with Gasteiger partial charge in [-0.2, -0.15) is 0 Å². The molecule has 0 saturated carbocycles. The minimum Gasteiger partial charge on any atom is -0.310 e. The predicted octanol–water partition coefficient (Wildman–Crippen LogP) is 3.19. The van der Waals surface area contributed by atoms with Gasteiger partial charge in [-0.15, -0.1) is 11.3 Å². The minimum atomic E-state index is -0.180. The zero-order chi connectivity index (χ0) is 17.0. The second kappa shape index (κ2) is 5.27. The van der Waals surface area contributed by atoms with Gasteiger partial charge in [0.25, 0.3) is 11.5 Å². The summed E-state index contributed by atoms with van der Waals surface area (Å²) in [5, 5.41) is 0.522. The molecule has 1 aliphatic heterocycles. The van der Waals surface area contributed by atoms with Gasteiger partial charge in [0.2, 0.25) is 0 Å². The molecular weight excluding hydrogens is 322 g/mol. The van der Waals surface area contributed by atoms with Crippen LogP contribution in [-0.4, -0.2) is 21.9 Å². The molecule has 1 amide bonds. The third-order valence-electron chi connectivity index (χ3n) is 4.54. The first kappa shape index (κ1) is 15.1. The molecule has 0 fully saturated rings. The SMILES string of the molecule is Cc1nc2sc(C(=O)N3c4ccccc4CC3C)c(C)c2c(=O)[nH]1. The van der Waals surface area contributed by atoms with E-state index in [1.54, 1.807) is 6.92 Å². The zero-order valence-electron chi connectivity index (χ0n) is 13.7. The lowest BCUT2D eigenvalue weighted by Crippen LogP contribution is -2.35. The van der Waals surface area contributed by atoms with E-state index in [0.717, 1.165) is 12.1 Å². The molecule has 1 aromatic carbocycles. The van der Waals surface area contributed by atoms with Gasteiger partial charge in [-0.05, 0) is 44.4 Å². The highest BCUT2D eigenvalue weighted by atomic mass is 32.1. The molecule has 1 aliphatic rings. The van der Waals surface area contributed by atoms with Gasteiger partial charge in [0.1, 0.15) is 10.7 Å². The topological polar surface area (TPSA) is 66.1 Å². The maximum absolute atomic E-state index is 13.2. The van der Waals surface area contributed by atoms with Crippen molar-refractivity contribution in [1.29, 1.82) is 0 Å². The summed E-state index contributed by atoms with van der Waals surface area (Å²) in [5.41, 5.74) is 2.68. The van der Waals surface area contributed by atoms with Gasteiger partial charge in [-0.3, -0.25) is 9.59 Å². The normalized spacial score (nSPS) is 16.6. The standard InChI is InChI=1S/C18H17N3O2S/c1-9-8-12-6-4-5-7-13(12)21(9)18(23)15-10(2)14-16(22)19-11(3)20-17(14)24-15/h4-7,9H,8H2,1-3H3,(H,19,20,22). The molecule has 0 saturated heterocycles. The van der Waals surface area contributed by atoms with Crippen molar-refractivity contribution in [3.8, 4) is 0 Å². The number of rotatable bonds is 1. The number of anilines is 1. The minimum absolute atomic E-state index is 0.0509. The molecule has 122 valence electrons. The fourth-order valence-corrected chi connectivity index (χ4v) is 4.60. The summed E-state index contributed by atoms with van der Waals surface area (Å²) in [6.07, 6.45) is 0.851. The average Bonchev–Trinajstić information content (AvgIpc) is 3.03. The lowest BCUT2D eigenvalue weighted by Gasteiger charge is -2.22. The van der Waals surface area contributed by atoms with Crippen LogP contribution in [0.3, 0.4) is 0 Å². The first-order chi connectivity index (χ1) is 11.5. The molecule has 0 aliphatic carbocycles. The Hall–Kier alpha value is -2.47. The van der Waals surface area contributed by atoms with Gasteiger partial charge in [-0.25, -0.2) is 4.98 Å². The first-order valence-electron chi connectivity index (χ1n) is 7.89. The van der Waals surface area contributed by atoms with E-state index in [1.807, 2.05) is 30.0 Å². The van der Waals surface area contributed by atoms with Crippen LogP contribution in [-0.2, 0) is 6.42 Å². The number of carbonyl (C=O) groups excluding carboxylic acids is 1. The molecule has 0 radical (unpaired) electrons. The van der Waals surface area contributed by atoms with Crippen LogP contribution in [0.15, 0.2) is 29.1 Å². The highest BCUT2D eigenvalue weighted by Crippen LogP contribution is 2.36. The number of hydrogen-bond donors (Lipinski definition) is 1. The fraction of sp³-hybridized carbons (Fsp3) is 0.278. The number of thiophene rings is 1. The Morgan fingerprint density at radius 2 is 2.08 bits per heavy atom. The van der Waals surface area contributed by atoms with E-state index in [4.69, 9.17) is 0 Å². The van der Waals surface area contributed by atoms with Crippen molar-refractivity contribution in [3.05, 3.63) is 56.4 Å². The summed E-state index contributed by atoms with van der Waals surface area (Å²) >= 11 is 1.30. The number of hydrogen-bond acceptors (Lipinski definition) is 4. The highest BCUT2D eigenvalue weighted by Gasteiger charge is 2.33. The Labute approximate surface area is 143 Å². The number of aryl methyl sites for hydroxylation is 2. The number of aromatic amines is 1. The van der Waals surface area contributed by atoms with Crippen LogP contribution in [0.4, 0.5) is 5.69 Å². The van der Waals surface area contributed by atoms with Crippen molar-refractivity contribution < 1.29 is 4.79 Å². The molecule has 2 aromatic heterocycles. The third kappa shape index (κ3) is 2.10. The number of nitrogens with zero attached hydrogens (tertiary/aromatic N) is 2. The molecule has 4 rings (SSSR count). The summed E-state index contributed by atoms with van der Waals surface area (Å²) in [6.45, 7) is 5.62. The van der Waals surface area contributed by atoms with Crippen LogP contribution >= 0.6 is 11.3 Å². The monoisotopic (exact) mass is 339 g/mol. The third-order valence-corrected chi connectivity index (χ3v) is 5.71. The Balaban J connectivity index is 1.87. The number of nitrogens with one attached hydrogen (secondary N) is 1. The fourth-order valence-electron chi connectivity index (χ4n) is 3.44. The van der Waals surface area contributed by atoms with E-state index < -0.39 is 0 Å². The summed E-state index contributed by atoms with van der Waals surface area (Å²) in [6, 6.07) is 8.09. The number of H-pyrrole nitrogens is 1. The summed E-state index contributed by atoms with van der Waals surface area (Å²) in [5.74, 6) is 0.512. The van der Waals surface area contributed by atoms with Crippen LogP contribution in [0, 0.1) is 13.8 Å². The second-order valence-corrected chi connectivity index (χ2v) is 7.24. The lowest BCUT2D eigenvalue weighted by atomic mass is 10.1. The van der Waals surface area contributed by atoms with Crippen molar-refractivity contribution in [1.82, 2.24) is 9.97 Å². The number of benzene rings is 1. The van der Waals surface area contributed by atoms with E-state index in [2.05, 4.69) is 23.0 Å². The van der Waals surface area contributed by atoms with E-state index in [1.165, 1.54) is 16.9 Å².